The van der Waals surface area contributed by atoms with Gasteiger partial charge in [0.25, 0.3) is 0 Å². The first-order chi connectivity index (χ1) is 2.93. The second kappa shape index (κ2) is 1.66. The minimum atomic E-state index is 0.454. The van der Waals surface area contributed by atoms with Gasteiger partial charge in [0, 0.05) is 14.1 Å². The molecule has 0 spiro atoms. The molecule has 0 aromatic carbocycles. The lowest BCUT2D eigenvalue weighted by Crippen LogP contribution is -1.77. The van der Waals surface area contributed by atoms with Gasteiger partial charge in [-0.2, -0.15) is 5.26 Å². The molecule has 0 amide bonds. The van der Waals surface area contributed by atoms with Crippen LogP contribution < -0.4 is 0 Å². The van der Waals surface area contributed by atoms with Crippen LogP contribution in [0.5, 0.6) is 0 Å². The summed E-state index contributed by atoms with van der Waals surface area (Å²) in [5.74, 6) is 0.454. The van der Waals surface area contributed by atoms with E-state index in [0.29, 0.717) is 5.77 Å². The second-order valence-corrected chi connectivity index (χ2v) is 2.02. The Balaban J connectivity index is 2.05. The van der Waals surface area contributed by atoms with Gasteiger partial charge in [0.05, 0.1) is 0 Å². The zero-order valence-corrected chi connectivity index (χ0v) is 3.90. The molecule has 5 heteroatoms. The Morgan fingerprint density at radius 2 is 2.33 bits per heavy atom. The maximum absolute atomic E-state index is 7.95. The molecule has 0 aromatic heterocycles. The van der Waals surface area contributed by atoms with Gasteiger partial charge in [-0.25, -0.2) is 0 Å². The Bertz CT molecular complexity index is 83.3. The number of hydrogen-bond donors (Lipinski definition) is 0. The van der Waals surface area contributed by atoms with Crippen molar-refractivity contribution in [3.8, 4) is 5.40 Å². The Morgan fingerprint density at radius 1 is 1.67 bits per heavy atom. The van der Waals surface area contributed by atoms with E-state index in [1.54, 1.807) is 0 Å². The summed E-state index contributed by atoms with van der Waals surface area (Å²) in [4.78, 5) is 0. The van der Waals surface area contributed by atoms with E-state index in [2.05, 4.69) is 0 Å². The van der Waals surface area contributed by atoms with E-state index in [1.165, 1.54) is 11.6 Å². The molecule has 1 fully saturated rings. The van der Waals surface area contributed by atoms with E-state index >= 15 is 0 Å². The molecule has 1 nitrogen and oxygen atoms in total. The third kappa shape index (κ3) is 1.02. The predicted octanol–water partition coefficient (Wildman–Crippen LogP) is -0.477. The third-order valence-corrected chi connectivity index (χ3v) is 1.23. The van der Waals surface area contributed by atoms with E-state index in [-0.39, 0.29) is 0 Å². The highest BCUT2D eigenvalue weighted by Gasteiger charge is 2.27. The van der Waals surface area contributed by atoms with Gasteiger partial charge in [-0.1, -0.05) is 0 Å². The van der Waals surface area contributed by atoms with Gasteiger partial charge in [-0.3, -0.25) is 0 Å². The molecule has 24 valence electrons. The molecular weight excluding hydrogens is 90.5 g/mol. The summed E-state index contributed by atoms with van der Waals surface area (Å²) in [5.41, 5.74) is 0. The Kier molecular flexibility index (Phi) is 1.16. The Morgan fingerprint density at radius 3 is 2.50 bits per heavy atom. The molecule has 0 aromatic rings. The largest absolute Gasteiger partial charge is 0.186 e. The summed E-state index contributed by atoms with van der Waals surface area (Å²) < 4.78 is 0. The van der Waals surface area contributed by atoms with Gasteiger partial charge < -0.3 is 0 Å². The van der Waals surface area contributed by atoms with Crippen LogP contribution in [0.15, 0.2) is 0 Å². The number of nitriles is 1. The lowest BCUT2D eigenvalue weighted by atomic mass is 9.78. The van der Waals surface area contributed by atoms with Crippen LogP contribution in [0, 0.1) is 10.7 Å². The molecule has 0 bridgehead atoms. The molecule has 1 rings (SSSR count). The summed E-state index contributed by atoms with van der Waals surface area (Å²) in [7, 11) is 3.99. The van der Waals surface area contributed by atoms with Crippen LogP contribution in [-0.2, 0) is 0 Å². The molecule has 0 unspecified atom stereocenters. The van der Waals surface area contributed by atoms with Crippen molar-refractivity contribution < 1.29 is 0 Å². The first-order valence-electron chi connectivity index (χ1n) is 1.66. The standard InChI is InChI=1S/CB3NS/c5-1-6-4-2-3-4. The van der Waals surface area contributed by atoms with Crippen molar-refractivity contribution in [3.63, 3.8) is 0 Å². The zero-order chi connectivity index (χ0) is 4.41. The molecular formula is CB3NS. The highest BCUT2D eigenvalue weighted by Crippen LogP contribution is 2.08. The summed E-state index contributed by atoms with van der Waals surface area (Å²) in [6.45, 7) is 0. The van der Waals surface area contributed by atoms with Crippen LogP contribution in [-0.4, -0.2) is 19.9 Å². The van der Waals surface area contributed by atoms with Crippen LogP contribution in [0.2, 0.25) is 0 Å². The summed E-state index contributed by atoms with van der Waals surface area (Å²) in [6.07, 6.45) is 0. The van der Waals surface area contributed by atoms with Gasteiger partial charge >= 0.3 is 0 Å². The minimum Gasteiger partial charge on any atom is -0.186 e. The second-order valence-electron chi connectivity index (χ2n) is 1.06. The van der Waals surface area contributed by atoms with Gasteiger partial charge in [-0.15, -0.1) is 11.6 Å². The normalized spacial score (nSPS) is 14.2. The molecule has 0 atom stereocenters. The predicted molar refractivity (Wildman–Crippen MR) is 30.5 cm³/mol. The number of nitrogens with zero attached hydrogens (tertiary/aromatic N) is 1. The molecule has 0 N–H and O–H groups in total. The smallest absolute Gasteiger partial charge is 0.131 e. The highest BCUT2D eigenvalue weighted by molar-refractivity contribution is 8.46. The Labute approximate surface area is 42.9 Å². The quantitative estimate of drug-likeness (QED) is 0.321. The topological polar surface area (TPSA) is 23.8 Å². The number of rotatable bonds is 1. The summed E-state index contributed by atoms with van der Waals surface area (Å²) in [6, 6.07) is 0. The fraction of sp³-hybridized carbons (Fsp3) is 0. The van der Waals surface area contributed by atoms with Crippen LogP contribution in [0.4, 0.5) is 0 Å². The van der Waals surface area contributed by atoms with Crippen LogP contribution >= 0.6 is 11.6 Å². The number of thiocyanates is 1. The molecule has 0 aliphatic carbocycles. The average Bonchev–Trinajstić information content (AvgIpc) is 2.21. The van der Waals surface area contributed by atoms with Crippen molar-refractivity contribution in [2.75, 3.05) is 0 Å². The number of hydrogen-bond acceptors (Lipinski definition) is 2. The molecule has 1 saturated heterocycles. The van der Waals surface area contributed by atoms with Gasteiger partial charge in [0.2, 0.25) is 0 Å². The molecule has 0 saturated carbocycles. The van der Waals surface area contributed by atoms with Gasteiger partial charge in [0.1, 0.15) is 11.2 Å². The van der Waals surface area contributed by atoms with E-state index < -0.39 is 0 Å². The summed E-state index contributed by atoms with van der Waals surface area (Å²) in [5, 5.41) is 9.93. The van der Waals surface area contributed by atoms with Gasteiger partial charge in [0.15, 0.2) is 0 Å². The maximum atomic E-state index is 7.95. The fourth-order valence-corrected chi connectivity index (χ4v) is 0.554. The molecule has 1 heterocycles. The SMILES string of the molecule is N#CSB1[B][B]1. The van der Waals surface area contributed by atoms with E-state index in [1.807, 2.05) is 19.5 Å². The van der Waals surface area contributed by atoms with Gasteiger partial charge in [-0.05, 0) is 0 Å². The van der Waals surface area contributed by atoms with Crippen molar-refractivity contribution in [1.82, 2.24) is 0 Å². The van der Waals surface area contributed by atoms with Crippen LogP contribution in [0.25, 0.3) is 0 Å². The van der Waals surface area contributed by atoms with Crippen molar-refractivity contribution in [2.24, 2.45) is 0 Å². The highest BCUT2D eigenvalue weighted by atomic mass is 32.2. The summed E-state index contributed by atoms with van der Waals surface area (Å²) >= 11 is 1.29. The van der Waals surface area contributed by atoms with Crippen molar-refractivity contribution in [3.05, 3.63) is 0 Å². The van der Waals surface area contributed by atoms with E-state index in [4.69, 9.17) is 5.26 Å². The van der Waals surface area contributed by atoms with Crippen LogP contribution in [0.1, 0.15) is 0 Å². The lowest BCUT2D eigenvalue weighted by molar-refractivity contribution is 1.57. The van der Waals surface area contributed by atoms with Crippen molar-refractivity contribution >= 4 is 31.5 Å². The monoisotopic (exact) mass is 91.0 g/mol. The molecule has 6 heavy (non-hydrogen) atoms. The fourth-order valence-electron chi connectivity index (χ4n) is 0.185. The third-order valence-electron chi connectivity index (χ3n) is 0.538. The lowest BCUT2D eigenvalue weighted by Gasteiger charge is -1.68. The van der Waals surface area contributed by atoms with Crippen LogP contribution in [0.3, 0.4) is 0 Å². The molecule has 1 aliphatic rings. The zero-order valence-electron chi connectivity index (χ0n) is 3.09. The molecule has 1 aliphatic heterocycles. The van der Waals surface area contributed by atoms with Crippen molar-refractivity contribution in [2.45, 2.75) is 0 Å². The average molecular weight is 90.5 g/mol. The Hall–Kier alpha value is 0.0348. The maximum Gasteiger partial charge on any atom is 0.131 e. The first-order valence-corrected chi connectivity index (χ1v) is 2.54. The molecule has 2 radical (unpaired) electrons. The van der Waals surface area contributed by atoms with Crippen molar-refractivity contribution in [1.29, 1.82) is 5.26 Å². The minimum absolute atomic E-state index is 0.454. The van der Waals surface area contributed by atoms with E-state index in [9.17, 15) is 0 Å². The van der Waals surface area contributed by atoms with E-state index in [0.717, 1.165) is 0 Å². The first kappa shape index (κ1) is 4.20.